The molecule has 0 amide bonds. The van der Waals surface area contributed by atoms with E-state index in [-0.39, 0.29) is 5.82 Å². The van der Waals surface area contributed by atoms with Crippen LogP contribution in [0.15, 0.2) is 47.5 Å². The number of aliphatic imine (C=N–C) groups is 1. The average Bonchev–Trinajstić information content (AvgIpc) is 2.41. The maximum absolute atomic E-state index is 13.9. The van der Waals surface area contributed by atoms with Gasteiger partial charge in [-0.25, -0.2) is 4.39 Å². The maximum atomic E-state index is 13.9. The third-order valence-corrected chi connectivity index (χ3v) is 3.08. The van der Waals surface area contributed by atoms with Crippen molar-refractivity contribution in [1.82, 2.24) is 0 Å². The summed E-state index contributed by atoms with van der Waals surface area (Å²) < 4.78 is 13.9. The van der Waals surface area contributed by atoms with Crippen molar-refractivity contribution in [2.75, 3.05) is 18.6 Å². The van der Waals surface area contributed by atoms with Gasteiger partial charge >= 0.3 is 0 Å². The fourth-order valence-corrected chi connectivity index (χ4v) is 2.17. The second-order valence-electron chi connectivity index (χ2n) is 4.27. The summed E-state index contributed by atoms with van der Waals surface area (Å²) in [5.74, 6) is -0.240. The molecule has 1 radical (unpaired) electrons. The number of nitrogens with zero attached hydrogens (tertiary/aromatic N) is 2. The quantitative estimate of drug-likeness (QED) is 0.747. The summed E-state index contributed by atoms with van der Waals surface area (Å²) in [6.45, 7) is 0.542. The first-order valence-electron chi connectivity index (χ1n) is 5.78. The lowest BCUT2D eigenvalue weighted by Crippen LogP contribution is -2.26. The molecule has 3 rings (SSSR count). The van der Waals surface area contributed by atoms with Crippen LogP contribution in [0.25, 0.3) is 0 Å². The second-order valence-corrected chi connectivity index (χ2v) is 4.27. The van der Waals surface area contributed by atoms with E-state index < -0.39 is 0 Å². The molecule has 2 nitrogen and oxygen atoms in total. The summed E-state index contributed by atoms with van der Waals surface area (Å²) in [4.78, 5) is 6.50. The van der Waals surface area contributed by atoms with Crippen molar-refractivity contribution < 1.29 is 4.39 Å². The van der Waals surface area contributed by atoms with Crippen molar-refractivity contribution >= 4 is 11.4 Å². The predicted octanol–water partition coefficient (Wildman–Crippen LogP) is 2.87. The molecule has 0 aromatic heterocycles. The molecule has 2 aromatic rings. The van der Waals surface area contributed by atoms with Gasteiger partial charge in [0.1, 0.15) is 12.5 Å². The molecule has 0 N–H and O–H groups in total. The SMILES string of the molecule is CN1CN=C(c2ccccc2F)c2c[c]ccc21. The van der Waals surface area contributed by atoms with E-state index in [2.05, 4.69) is 11.1 Å². The molecule has 1 heterocycles. The molecule has 0 spiro atoms. The van der Waals surface area contributed by atoms with Crippen LogP contribution in [0.3, 0.4) is 0 Å². The van der Waals surface area contributed by atoms with Gasteiger partial charge in [0.05, 0.1) is 5.71 Å². The Labute approximate surface area is 105 Å². The van der Waals surface area contributed by atoms with Gasteiger partial charge in [0, 0.05) is 23.9 Å². The Bertz CT molecular complexity index is 619. The second kappa shape index (κ2) is 4.26. The highest BCUT2D eigenvalue weighted by Crippen LogP contribution is 2.27. The molecule has 0 bridgehead atoms. The summed E-state index contributed by atoms with van der Waals surface area (Å²) in [5, 5.41) is 0. The zero-order chi connectivity index (χ0) is 12.5. The Hall–Kier alpha value is -2.16. The molecule has 3 heteroatoms. The molecule has 0 fully saturated rings. The van der Waals surface area contributed by atoms with Gasteiger partial charge in [-0.3, -0.25) is 4.99 Å². The van der Waals surface area contributed by atoms with E-state index in [0.717, 1.165) is 11.3 Å². The molecular weight excluding hydrogens is 227 g/mol. The van der Waals surface area contributed by atoms with E-state index in [1.54, 1.807) is 12.1 Å². The lowest BCUT2D eigenvalue weighted by atomic mass is 9.98. The lowest BCUT2D eigenvalue weighted by Gasteiger charge is -2.26. The molecular formula is C15H12FN2. The van der Waals surface area contributed by atoms with E-state index in [4.69, 9.17) is 0 Å². The zero-order valence-electron chi connectivity index (χ0n) is 10.0. The van der Waals surface area contributed by atoms with Crippen molar-refractivity contribution in [2.24, 2.45) is 4.99 Å². The van der Waals surface area contributed by atoms with Gasteiger partial charge in [-0.2, -0.15) is 0 Å². The molecule has 18 heavy (non-hydrogen) atoms. The van der Waals surface area contributed by atoms with Crippen LogP contribution in [-0.4, -0.2) is 19.4 Å². The minimum Gasteiger partial charge on any atom is -0.355 e. The lowest BCUT2D eigenvalue weighted by molar-refractivity contribution is 0.625. The maximum Gasteiger partial charge on any atom is 0.132 e. The van der Waals surface area contributed by atoms with Crippen molar-refractivity contribution in [3.8, 4) is 0 Å². The number of hydrogen-bond donors (Lipinski definition) is 0. The Balaban J connectivity index is 2.18. The highest BCUT2D eigenvalue weighted by atomic mass is 19.1. The molecule has 0 atom stereocenters. The van der Waals surface area contributed by atoms with Crippen molar-refractivity contribution in [1.29, 1.82) is 0 Å². The van der Waals surface area contributed by atoms with Gasteiger partial charge in [0.15, 0.2) is 0 Å². The summed E-state index contributed by atoms with van der Waals surface area (Å²) in [5.41, 5.74) is 3.24. The Morgan fingerprint density at radius 3 is 2.89 bits per heavy atom. The smallest absolute Gasteiger partial charge is 0.132 e. The van der Waals surface area contributed by atoms with Crippen molar-refractivity contribution in [2.45, 2.75) is 0 Å². The molecule has 0 aliphatic carbocycles. The van der Waals surface area contributed by atoms with Crippen LogP contribution in [-0.2, 0) is 0 Å². The van der Waals surface area contributed by atoms with Crippen LogP contribution in [0, 0.1) is 11.9 Å². The summed E-state index contributed by atoms with van der Waals surface area (Å²) in [7, 11) is 1.97. The van der Waals surface area contributed by atoms with Crippen LogP contribution >= 0.6 is 0 Å². The van der Waals surface area contributed by atoms with Gasteiger partial charge in [0.2, 0.25) is 0 Å². The number of benzene rings is 2. The van der Waals surface area contributed by atoms with E-state index in [9.17, 15) is 4.39 Å². The first-order chi connectivity index (χ1) is 8.77. The standard InChI is InChI=1S/C15H12FN2/c1-18-10-17-15(11-6-2-4-8-13(11)16)12-7-3-5-9-14(12)18/h2,4-9H,10H2,1H3. The molecule has 0 saturated heterocycles. The average molecular weight is 239 g/mol. The molecule has 0 saturated carbocycles. The van der Waals surface area contributed by atoms with Gasteiger partial charge in [0.25, 0.3) is 0 Å². The molecule has 89 valence electrons. The van der Waals surface area contributed by atoms with Crippen LogP contribution in [0.1, 0.15) is 11.1 Å². The van der Waals surface area contributed by atoms with Crippen molar-refractivity contribution in [3.05, 3.63) is 65.5 Å². The number of rotatable bonds is 1. The number of halogens is 1. The molecule has 1 aliphatic heterocycles. The van der Waals surface area contributed by atoms with Crippen LogP contribution in [0.5, 0.6) is 0 Å². The fraction of sp³-hybridized carbons (Fsp3) is 0.133. The topological polar surface area (TPSA) is 15.6 Å². The van der Waals surface area contributed by atoms with E-state index in [0.29, 0.717) is 17.9 Å². The summed E-state index contributed by atoms with van der Waals surface area (Å²) in [6, 6.07) is 15.5. The Morgan fingerprint density at radius 1 is 1.22 bits per heavy atom. The number of hydrogen-bond acceptors (Lipinski definition) is 2. The van der Waals surface area contributed by atoms with Crippen LogP contribution in [0.2, 0.25) is 0 Å². The van der Waals surface area contributed by atoms with E-state index in [1.807, 2.05) is 36.2 Å². The third-order valence-electron chi connectivity index (χ3n) is 3.08. The van der Waals surface area contributed by atoms with Crippen LogP contribution < -0.4 is 4.90 Å². The normalized spacial score (nSPS) is 14.1. The minimum atomic E-state index is -0.240. The zero-order valence-corrected chi connectivity index (χ0v) is 10.0. The van der Waals surface area contributed by atoms with Gasteiger partial charge in [-0.05, 0) is 30.3 Å². The predicted molar refractivity (Wildman–Crippen MR) is 70.6 cm³/mol. The first kappa shape index (κ1) is 11.0. The number of anilines is 1. The monoisotopic (exact) mass is 239 g/mol. The Morgan fingerprint density at radius 2 is 2.06 bits per heavy atom. The van der Waals surface area contributed by atoms with E-state index >= 15 is 0 Å². The van der Waals surface area contributed by atoms with Crippen LogP contribution in [0.4, 0.5) is 10.1 Å². The van der Waals surface area contributed by atoms with Gasteiger partial charge < -0.3 is 4.90 Å². The van der Waals surface area contributed by atoms with E-state index in [1.165, 1.54) is 6.07 Å². The molecule has 0 unspecified atom stereocenters. The highest BCUT2D eigenvalue weighted by Gasteiger charge is 2.20. The van der Waals surface area contributed by atoms with Crippen molar-refractivity contribution in [3.63, 3.8) is 0 Å². The third kappa shape index (κ3) is 1.68. The largest absolute Gasteiger partial charge is 0.355 e. The molecule has 1 aliphatic rings. The molecule has 2 aromatic carbocycles. The fourth-order valence-electron chi connectivity index (χ4n) is 2.17. The minimum absolute atomic E-state index is 0.240. The van der Waals surface area contributed by atoms with Gasteiger partial charge in [-0.15, -0.1) is 0 Å². The van der Waals surface area contributed by atoms with Gasteiger partial charge in [-0.1, -0.05) is 18.2 Å². The Kier molecular flexibility index (Phi) is 2.59. The first-order valence-corrected chi connectivity index (χ1v) is 5.78. The summed E-state index contributed by atoms with van der Waals surface area (Å²) in [6.07, 6.45) is 0. The summed E-state index contributed by atoms with van der Waals surface area (Å²) >= 11 is 0. The number of fused-ring (bicyclic) bond motifs is 1. The highest BCUT2D eigenvalue weighted by molar-refractivity contribution is 6.16.